The Bertz CT molecular complexity index is 441. The molecule has 1 aromatic rings. The van der Waals surface area contributed by atoms with Crippen LogP contribution in [0, 0.1) is 0 Å². The molecule has 116 valence electrons. The lowest BCUT2D eigenvalue weighted by molar-refractivity contribution is 0.0797. The number of rotatable bonds is 8. The van der Waals surface area contributed by atoms with Crippen LogP contribution in [0.15, 0.2) is 24.3 Å². The quantitative estimate of drug-likeness (QED) is 0.740. The first kappa shape index (κ1) is 15.8. The van der Waals surface area contributed by atoms with E-state index in [0.29, 0.717) is 18.3 Å². The van der Waals surface area contributed by atoms with Crippen molar-refractivity contribution in [3.63, 3.8) is 0 Å². The van der Waals surface area contributed by atoms with Crippen LogP contribution in [-0.4, -0.2) is 50.3 Å². The Kier molecular flexibility index (Phi) is 6.02. The molecule has 0 radical (unpaired) electrons. The number of nitrogens with two attached hydrogens (primary N) is 1. The summed E-state index contributed by atoms with van der Waals surface area (Å²) < 4.78 is 11.3. The number of nitrogens with zero attached hydrogens (tertiary/aromatic N) is 1. The Labute approximate surface area is 126 Å². The fraction of sp³-hybridized carbons (Fsp3) is 0.562. The fourth-order valence-electron chi connectivity index (χ4n) is 2.47. The lowest BCUT2D eigenvalue weighted by Gasteiger charge is -2.20. The summed E-state index contributed by atoms with van der Waals surface area (Å²) in [6.07, 6.45) is 3.72. The SMILES string of the molecule is CN(CCCOc1ccc(C(N)=O)cc1)C[C@H]1CCCO1. The molecule has 2 N–H and O–H groups in total. The van der Waals surface area contributed by atoms with E-state index in [1.54, 1.807) is 24.3 Å². The molecule has 1 heterocycles. The molecule has 1 amide bonds. The Balaban J connectivity index is 1.61. The molecular formula is C16H24N2O3. The topological polar surface area (TPSA) is 64.8 Å². The van der Waals surface area contributed by atoms with Gasteiger partial charge in [-0.25, -0.2) is 0 Å². The highest BCUT2D eigenvalue weighted by molar-refractivity contribution is 5.92. The van der Waals surface area contributed by atoms with Crippen molar-refractivity contribution in [3.05, 3.63) is 29.8 Å². The number of primary amides is 1. The van der Waals surface area contributed by atoms with E-state index in [9.17, 15) is 4.79 Å². The van der Waals surface area contributed by atoms with Crippen LogP contribution in [0.25, 0.3) is 0 Å². The summed E-state index contributed by atoms with van der Waals surface area (Å²) in [5, 5.41) is 0. The van der Waals surface area contributed by atoms with E-state index in [4.69, 9.17) is 15.2 Å². The third kappa shape index (κ3) is 5.36. The first-order valence-corrected chi connectivity index (χ1v) is 7.48. The Morgan fingerprint density at radius 3 is 2.81 bits per heavy atom. The molecule has 1 aliphatic heterocycles. The molecule has 0 aliphatic carbocycles. The van der Waals surface area contributed by atoms with Crippen LogP contribution >= 0.6 is 0 Å². The van der Waals surface area contributed by atoms with Crippen molar-refractivity contribution in [2.24, 2.45) is 5.73 Å². The summed E-state index contributed by atoms with van der Waals surface area (Å²) in [6.45, 7) is 3.54. The third-order valence-electron chi connectivity index (χ3n) is 3.63. The number of carbonyl (C=O) groups excluding carboxylic acids is 1. The van der Waals surface area contributed by atoms with Crippen molar-refractivity contribution in [2.45, 2.75) is 25.4 Å². The van der Waals surface area contributed by atoms with Crippen LogP contribution in [0.2, 0.25) is 0 Å². The minimum atomic E-state index is -0.419. The second-order valence-electron chi connectivity index (χ2n) is 5.49. The summed E-state index contributed by atoms with van der Waals surface area (Å²) in [4.78, 5) is 13.2. The van der Waals surface area contributed by atoms with Crippen LogP contribution in [0.4, 0.5) is 0 Å². The van der Waals surface area contributed by atoms with Crippen molar-refractivity contribution in [1.29, 1.82) is 0 Å². The number of likely N-dealkylation sites (N-methyl/N-ethyl adjacent to an activating group) is 1. The van der Waals surface area contributed by atoms with Gasteiger partial charge in [0.2, 0.25) is 5.91 Å². The van der Waals surface area contributed by atoms with Crippen LogP contribution in [-0.2, 0) is 4.74 Å². The van der Waals surface area contributed by atoms with Crippen molar-refractivity contribution in [1.82, 2.24) is 4.90 Å². The first-order valence-electron chi connectivity index (χ1n) is 7.48. The summed E-state index contributed by atoms with van der Waals surface area (Å²) in [5.74, 6) is 0.346. The smallest absolute Gasteiger partial charge is 0.248 e. The fourth-order valence-corrected chi connectivity index (χ4v) is 2.47. The highest BCUT2D eigenvalue weighted by Crippen LogP contribution is 2.14. The monoisotopic (exact) mass is 292 g/mol. The van der Waals surface area contributed by atoms with Crippen LogP contribution in [0.1, 0.15) is 29.6 Å². The highest BCUT2D eigenvalue weighted by Gasteiger charge is 2.16. The lowest BCUT2D eigenvalue weighted by Crippen LogP contribution is -2.30. The summed E-state index contributed by atoms with van der Waals surface area (Å²) >= 11 is 0. The van der Waals surface area contributed by atoms with Gasteiger partial charge >= 0.3 is 0 Å². The molecule has 1 saturated heterocycles. The van der Waals surface area contributed by atoms with Crippen LogP contribution < -0.4 is 10.5 Å². The van der Waals surface area contributed by atoms with E-state index in [1.165, 1.54) is 12.8 Å². The zero-order chi connectivity index (χ0) is 15.1. The van der Waals surface area contributed by atoms with Gasteiger partial charge in [0.15, 0.2) is 0 Å². The summed E-state index contributed by atoms with van der Waals surface area (Å²) in [6, 6.07) is 6.91. The van der Waals surface area contributed by atoms with Gasteiger partial charge in [-0.1, -0.05) is 0 Å². The van der Waals surface area contributed by atoms with E-state index in [2.05, 4.69) is 11.9 Å². The standard InChI is InChI=1S/C16H24N2O3/c1-18(12-15-4-2-10-21-15)9-3-11-20-14-7-5-13(6-8-14)16(17)19/h5-8,15H,2-4,9-12H2,1H3,(H2,17,19)/t15-/m1/s1. The van der Waals surface area contributed by atoms with E-state index in [1.807, 2.05) is 0 Å². The molecule has 21 heavy (non-hydrogen) atoms. The molecule has 2 rings (SSSR count). The zero-order valence-electron chi connectivity index (χ0n) is 12.6. The predicted molar refractivity (Wildman–Crippen MR) is 81.5 cm³/mol. The first-order chi connectivity index (χ1) is 10.1. The van der Waals surface area contributed by atoms with E-state index < -0.39 is 5.91 Å². The van der Waals surface area contributed by atoms with Gasteiger partial charge in [-0.05, 0) is 50.6 Å². The highest BCUT2D eigenvalue weighted by atomic mass is 16.5. The maximum atomic E-state index is 11.0. The largest absolute Gasteiger partial charge is 0.494 e. The Morgan fingerprint density at radius 1 is 1.43 bits per heavy atom. The van der Waals surface area contributed by atoms with Gasteiger partial charge in [0.1, 0.15) is 5.75 Å². The third-order valence-corrected chi connectivity index (χ3v) is 3.63. The van der Waals surface area contributed by atoms with E-state index in [-0.39, 0.29) is 0 Å². The van der Waals surface area contributed by atoms with Crippen molar-refractivity contribution >= 4 is 5.91 Å². The number of carbonyl (C=O) groups is 1. The van der Waals surface area contributed by atoms with Crippen LogP contribution in [0.5, 0.6) is 5.75 Å². The average molecular weight is 292 g/mol. The normalized spacial score (nSPS) is 18.1. The number of hydrogen-bond acceptors (Lipinski definition) is 4. The lowest BCUT2D eigenvalue weighted by atomic mass is 10.2. The molecule has 1 aromatic carbocycles. The molecule has 1 aliphatic rings. The van der Waals surface area contributed by atoms with Gasteiger partial charge in [0.05, 0.1) is 12.7 Å². The summed E-state index contributed by atoms with van der Waals surface area (Å²) in [5.41, 5.74) is 5.69. The van der Waals surface area contributed by atoms with Crippen molar-refractivity contribution in [3.8, 4) is 5.75 Å². The van der Waals surface area contributed by atoms with Gasteiger partial charge < -0.3 is 20.1 Å². The molecule has 0 unspecified atom stereocenters. The van der Waals surface area contributed by atoms with Gasteiger partial charge in [-0.15, -0.1) is 0 Å². The number of benzene rings is 1. The second-order valence-corrected chi connectivity index (χ2v) is 5.49. The molecule has 5 nitrogen and oxygen atoms in total. The molecule has 0 saturated carbocycles. The second kappa shape index (κ2) is 8.00. The average Bonchev–Trinajstić information content (AvgIpc) is 2.97. The molecule has 1 fully saturated rings. The van der Waals surface area contributed by atoms with E-state index in [0.717, 1.165) is 31.9 Å². The number of amides is 1. The maximum Gasteiger partial charge on any atom is 0.248 e. The number of ether oxygens (including phenoxy) is 2. The minimum absolute atomic E-state index is 0.400. The molecule has 1 atom stereocenters. The summed E-state index contributed by atoms with van der Waals surface area (Å²) in [7, 11) is 2.11. The van der Waals surface area contributed by atoms with Crippen molar-refractivity contribution in [2.75, 3.05) is 33.4 Å². The zero-order valence-corrected chi connectivity index (χ0v) is 12.6. The molecule has 0 aromatic heterocycles. The van der Waals surface area contributed by atoms with Crippen molar-refractivity contribution < 1.29 is 14.3 Å². The maximum absolute atomic E-state index is 11.0. The predicted octanol–water partition coefficient (Wildman–Crippen LogP) is 1.67. The molecule has 0 spiro atoms. The molecule has 0 bridgehead atoms. The number of hydrogen-bond donors (Lipinski definition) is 1. The van der Waals surface area contributed by atoms with Crippen LogP contribution in [0.3, 0.4) is 0 Å². The van der Waals surface area contributed by atoms with Gasteiger partial charge in [0, 0.05) is 25.3 Å². The molecular weight excluding hydrogens is 268 g/mol. The van der Waals surface area contributed by atoms with E-state index >= 15 is 0 Å². The molecule has 5 heteroatoms. The van der Waals surface area contributed by atoms with Gasteiger partial charge in [0.25, 0.3) is 0 Å². The van der Waals surface area contributed by atoms with Gasteiger partial charge in [-0.2, -0.15) is 0 Å². The Morgan fingerprint density at radius 2 is 2.19 bits per heavy atom. The minimum Gasteiger partial charge on any atom is -0.494 e. The van der Waals surface area contributed by atoms with Gasteiger partial charge in [-0.3, -0.25) is 4.79 Å². The Hall–Kier alpha value is -1.59.